The number of amides is 6. The Labute approximate surface area is 615 Å². The first-order valence-corrected chi connectivity index (χ1v) is 34.2. The number of carboxylic acid groups (broad SMARTS) is 8. The third-order valence-electron chi connectivity index (χ3n) is 16.6. The summed E-state index contributed by atoms with van der Waals surface area (Å²) in [6.45, 7) is 5.61. The van der Waals surface area contributed by atoms with Gasteiger partial charge in [-0.2, -0.15) is 0 Å². The minimum atomic E-state index is -1.82. The molecule has 6 aromatic rings. The summed E-state index contributed by atoms with van der Waals surface area (Å²) < 4.78 is 0. The second-order valence-corrected chi connectivity index (χ2v) is 24.5. The summed E-state index contributed by atoms with van der Waals surface area (Å²) in [4.78, 5) is 167. The van der Waals surface area contributed by atoms with Crippen molar-refractivity contribution in [2.24, 2.45) is 0 Å². The number of unbranched alkanes of at least 4 members (excludes halogenated alkanes) is 11. The number of nitrogens with zero attached hydrogens (tertiary/aromatic N) is 6. The van der Waals surface area contributed by atoms with Crippen LogP contribution in [0.3, 0.4) is 0 Å². The molecule has 0 spiro atoms. The molecule has 0 radical (unpaired) electrons. The highest BCUT2D eigenvalue weighted by Crippen LogP contribution is 2.41. The van der Waals surface area contributed by atoms with Crippen LogP contribution < -0.4 is 36.0 Å². The van der Waals surface area contributed by atoms with Crippen molar-refractivity contribution in [3.8, 4) is 0 Å². The molecular formula is C75H88N10O22. The third kappa shape index (κ3) is 27.7. The Morgan fingerprint density at radius 3 is 0.832 bits per heavy atom. The number of rotatable bonds is 29. The number of fused-ring (bicyclic) bond motifs is 6. The lowest BCUT2D eigenvalue weighted by Crippen LogP contribution is -2.44. The Kier molecular flexibility index (Phi) is 35.4. The average Bonchev–Trinajstić information content (AvgIpc) is 1.70. The van der Waals surface area contributed by atoms with E-state index >= 15 is 0 Å². The molecule has 6 aromatic carbocycles. The Balaban J connectivity index is 0.000000738. The third-order valence-corrected chi connectivity index (χ3v) is 16.6. The van der Waals surface area contributed by atoms with Crippen molar-refractivity contribution >= 4 is 134 Å². The van der Waals surface area contributed by atoms with Gasteiger partial charge in [-0.3, -0.25) is 48.4 Å². The maximum Gasteiger partial charge on any atom is 0.414 e. The van der Waals surface area contributed by atoms with Crippen molar-refractivity contribution in [2.75, 3.05) is 104 Å². The zero-order valence-electron chi connectivity index (χ0n) is 59.1. The first kappa shape index (κ1) is 85.4. The summed E-state index contributed by atoms with van der Waals surface area (Å²) in [6, 6.07) is 43.4. The van der Waals surface area contributed by atoms with Gasteiger partial charge in [0, 0.05) is 0 Å². The van der Waals surface area contributed by atoms with Crippen LogP contribution in [0.25, 0.3) is 0 Å². The van der Waals surface area contributed by atoms with Crippen LogP contribution in [0.4, 0.5) is 51.2 Å². The number of anilines is 9. The van der Waals surface area contributed by atoms with E-state index in [0.29, 0.717) is 74.4 Å². The molecule has 107 heavy (non-hydrogen) atoms. The van der Waals surface area contributed by atoms with Crippen molar-refractivity contribution in [3.05, 3.63) is 162 Å². The van der Waals surface area contributed by atoms with Gasteiger partial charge in [0.2, 0.25) is 17.7 Å². The van der Waals surface area contributed by atoms with Gasteiger partial charge in [-0.05, 0) is 165 Å². The van der Waals surface area contributed by atoms with E-state index in [1.165, 1.54) is 44.9 Å². The van der Waals surface area contributed by atoms with Gasteiger partial charge in [0.15, 0.2) is 0 Å². The summed E-state index contributed by atoms with van der Waals surface area (Å²) >= 11 is 0. The minimum absolute atomic E-state index is 0.0798. The fourth-order valence-corrected chi connectivity index (χ4v) is 11.4. The number of carbonyl (C=O) groups excluding carboxylic acids is 6. The zero-order valence-corrected chi connectivity index (χ0v) is 59.1. The van der Waals surface area contributed by atoms with Gasteiger partial charge >= 0.3 is 47.8 Å². The van der Waals surface area contributed by atoms with E-state index in [-0.39, 0.29) is 55.1 Å². The molecule has 6 amide bonds. The predicted molar refractivity (Wildman–Crippen MR) is 394 cm³/mol. The van der Waals surface area contributed by atoms with Crippen molar-refractivity contribution in [1.82, 2.24) is 20.0 Å². The van der Waals surface area contributed by atoms with Crippen LogP contribution in [-0.4, -0.2) is 212 Å². The second-order valence-electron chi connectivity index (χ2n) is 24.5. The minimum Gasteiger partial charge on any atom is -0.473 e. The van der Waals surface area contributed by atoms with E-state index in [1.807, 2.05) is 95.9 Å². The largest absolute Gasteiger partial charge is 0.473 e. The van der Waals surface area contributed by atoms with Crippen LogP contribution in [0.15, 0.2) is 146 Å². The lowest BCUT2D eigenvalue weighted by atomic mass is 10.1. The second kappa shape index (κ2) is 44.4. The number of carboxylic acids is 8. The van der Waals surface area contributed by atoms with Gasteiger partial charge in [-0.15, -0.1) is 0 Å². The molecule has 0 aliphatic carbocycles. The molecular weight excluding hydrogens is 1390 g/mol. The first-order chi connectivity index (χ1) is 51.1. The highest BCUT2D eigenvalue weighted by molar-refractivity contribution is 6.29. The first-order valence-electron chi connectivity index (χ1n) is 34.2. The van der Waals surface area contributed by atoms with Crippen molar-refractivity contribution < 1.29 is 108 Å². The van der Waals surface area contributed by atoms with Gasteiger partial charge in [0.05, 0.1) is 87.5 Å². The summed E-state index contributed by atoms with van der Waals surface area (Å²) in [7, 11) is 4.44. The highest BCUT2D eigenvalue weighted by Gasteiger charge is 2.34. The fourth-order valence-electron chi connectivity index (χ4n) is 11.4. The smallest absolute Gasteiger partial charge is 0.414 e. The molecule has 3 heterocycles. The Morgan fingerprint density at radius 1 is 0.308 bits per heavy atom. The standard InChI is InChI=1S/C67H80N10O6.4C2H2O4/c1-72(44-26-8-5-23-41-68-47-62(78)75-56-35-17-11-29-50(56)65(81)69-53-32-14-20-38-59(53)75)42-24-6-3-4-7-25-43-73(2)45-27-9-10-28-46-74(48-63(79)76-57-36-18-12-30-51(57)66(82)70-54-33-15-21-39-60(54)76)49-64(80)77-58-37-19-13-31-52(58)67(83)71-55-34-16-22-40-61(55)77;4*3-1(4)2(5)6/h11-22,29-40,68H,3-10,23-28,41-49H2,1-2H3,(H,69,81)(H,70,82)(H,71,83);4*(H,3,4)(H,5,6). The lowest BCUT2D eigenvalue weighted by Gasteiger charge is -2.30. The van der Waals surface area contributed by atoms with Crippen LogP contribution in [0.1, 0.15) is 121 Å². The number of nitrogens with one attached hydrogen (secondary N) is 4. The average molecular weight is 1480 g/mol. The van der Waals surface area contributed by atoms with Gasteiger partial charge in [-0.1, -0.05) is 124 Å². The van der Waals surface area contributed by atoms with Crippen molar-refractivity contribution in [3.63, 3.8) is 0 Å². The van der Waals surface area contributed by atoms with Gasteiger partial charge in [0.1, 0.15) is 0 Å². The van der Waals surface area contributed by atoms with E-state index in [9.17, 15) is 28.8 Å². The van der Waals surface area contributed by atoms with E-state index in [4.69, 9.17) is 79.2 Å². The molecule has 0 saturated heterocycles. The number of para-hydroxylation sites is 9. The molecule has 0 unspecified atom stereocenters. The van der Waals surface area contributed by atoms with Gasteiger partial charge < -0.3 is 71.9 Å². The number of benzene rings is 6. The Hall–Kier alpha value is -12.3. The SMILES string of the molecule is CN(CCCCCCCCN(C)CCCCCCN(CC(=O)N1c2ccccc2NC(=O)c2ccccc21)CC(=O)N1c2ccccc2NC(=O)c2ccccc21)CCCCCCNCC(=O)N1c2ccccc2NC(=O)c2ccccc21.O=C(O)C(=O)O.O=C(O)C(=O)O.O=C(O)C(=O)O.O=C(O)C(=O)O. The van der Waals surface area contributed by atoms with E-state index in [1.54, 1.807) is 69.3 Å². The van der Waals surface area contributed by atoms with Crippen LogP contribution >= 0.6 is 0 Å². The van der Waals surface area contributed by atoms with Crippen LogP contribution in [0.5, 0.6) is 0 Å². The maximum absolute atomic E-state index is 14.8. The molecule has 3 aliphatic rings. The Morgan fingerprint density at radius 2 is 0.542 bits per heavy atom. The zero-order chi connectivity index (χ0) is 78.5. The summed E-state index contributed by atoms with van der Waals surface area (Å²) in [5, 5.41) is 71.4. The van der Waals surface area contributed by atoms with Crippen LogP contribution in [0, 0.1) is 0 Å². The van der Waals surface area contributed by atoms with Crippen molar-refractivity contribution in [2.45, 2.75) is 89.9 Å². The highest BCUT2D eigenvalue weighted by atomic mass is 16.5. The summed E-state index contributed by atoms with van der Waals surface area (Å²) in [5.41, 5.74) is 6.27. The number of hydrogen-bond donors (Lipinski definition) is 12. The number of carbonyl (C=O) groups is 14. The van der Waals surface area contributed by atoms with E-state index in [2.05, 4.69) is 45.2 Å². The summed E-state index contributed by atoms with van der Waals surface area (Å²) in [6.07, 6.45) is 15.6. The van der Waals surface area contributed by atoms with Gasteiger partial charge in [-0.25, -0.2) is 38.4 Å². The fraction of sp³-hybridized carbons (Fsp3) is 0.333. The van der Waals surface area contributed by atoms with Crippen LogP contribution in [0.2, 0.25) is 0 Å². The number of aliphatic carboxylic acids is 8. The number of hydrogen-bond acceptors (Lipinski definition) is 18. The van der Waals surface area contributed by atoms with Crippen molar-refractivity contribution in [1.29, 1.82) is 0 Å². The molecule has 32 heteroatoms. The molecule has 9 rings (SSSR count). The molecule has 0 atom stereocenters. The lowest BCUT2D eigenvalue weighted by molar-refractivity contribution is -0.159. The molecule has 32 nitrogen and oxygen atoms in total. The molecule has 0 aromatic heterocycles. The predicted octanol–water partition coefficient (Wildman–Crippen LogP) is 8.62. The monoisotopic (exact) mass is 1480 g/mol. The maximum atomic E-state index is 14.8. The molecule has 570 valence electrons. The molecule has 12 N–H and O–H groups in total. The molecule has 0 saturated carbocycles. The quantitative estimate of drug-likeness (QED) is 0.0154. The van der Waals surface area contributed by atoms with E-state index < -0.39 is 47.8 Å². The molecule has 0 bridgehead atoms. The van der Waals surface area contributed by atoms with Crippen LogP contribution in [-0.2, 0) is 52.7 Å². The normalized spacial score (nSPS) is 12.0. The van der Waals surface area contributed by atoms with E-state index in [0.717, 1.165) is 77.7 Å². The molecule has 3 aliphatic heterocycles. The topological polar surface area (TPSA) is 468 Å². The summed E-state index contributed by atoms with van der Waals surface area (Å²) in [5.74, 6) is -16.0. The Bertz CT molecular complexity index is 3870. The van der Waals surface area contributed by atoms with Gasteiger partial charge in [0.25, 0.3) is 17.7 Å². The molecule has 0 fully saturated rings.